The van der Waals surface area contributed by atoms with Gasteiger partial charge in [0.25, 0.3) is 0 Å². The van der Waals surface area contributed by atoms with Crippen LogP contribution in [0.25, 0.3) is 0 Å². The zero-order chi connectivity index (χ0) is 20.4. The van der Waals surface area contributed by atoms with Crippen LogP contribution >= 0.6 is 15.9 Å². The number of halogens is 2. The van der Waals surface area contributed by atoms with Gasteiger partial charge >= 0.3 is 0 Å². The van der Waals surface area contributed by atoms with Gasteiger partial charge < -0.3 is 9.84 Å². The summed E-state index contributed by atoms with van der Waals surface area (Å²) in [7, 11) is 1.63. The predicted octanol–water partition coefficient (Wildman–Crippen LogP) is 5.52. The second-order valence-corrected chi connectivity index (χ2v) is 7.72. The summed E-state index contributed by atoms with van der Waals surface area (Å²) >= 11 is 3.26. The first-order valence-corrected chi connectivity index (χ1v) is 10.0. The normalized spacial score (nSPS) is 18.9. The minimum Gasteiger partial charge on any atom is -0.508 e. The van der Waals surface area contributed by atoms with E-state index in [0.29, 0.717) is 10.9 Å². The molecule has 0 fully saturated rings. The SMILES string of the molecule is COc1ccc(C2=N[C@@H](c3ccc(F)c(Br)c3)N[C@@H](c3ccccc3O)C2)cc1. The van der Waals surface area contributed by atoms with Crippen molar-refractivity contribution in [3.63, 3.8) is 0 Å². The second kappa shape index (κ2) is 8.35. The van der Waals surface area contributed by atoms with Crippen molar-refractivity contribution in [3.05, 3.63) is 93.7 Å². The number of nitrogens with one attached hydrogen (secondary N) is 1. The molecule has 1 heterocycles. The maximum Gasteiger partial charge on any atom is 0.137 e. The molecule has 2 atom stereocenters. The average Bonchev–Trinajstić information content (AvgIpc) is 2.75. The Labute approximate surface area is 177 Å². The molecule has 6 heteroatoms. The Kier molecular flexibility index (Phi) is 5.65. The fraction of sp³-hybridized carbons (Fsp3) is 0.174. The maximum atomic E-state index is 13.7. The van der Waals surface area contributed by atoms with Gasteiger partial charge in [0.05, 0.1) is 11.6 Å². The molecule has 0 radical (unpaired) electrons. The number of nitrogens with zero attached hydrogens (tertiary/aromatic N) is 1. The van der Waals surface area contributed by atoms with E-state index in [9.17, 15) is 9.50 Å². The van der Waals surface area contributed by atoms with Gasteiger partial charge in [0, 0.05) is 23.7 Å². The predicted molar refractivity (Wildman–Crippen MR) is 115 cm³/mol. The van der Waals surface area contributed by atoms with E-state index >= 15 is 0 Å². The van der Waals surface area contributed by atoms with Gasteiger partial charge in [-0.1, -0.05) is 24.3 Å². The van der Waals surface area contributed by atoms with E-state index in [4.69, 9.17) is 9.73 Å². The van der Waals surface area contributed by atoms with Crippen molar-refractivity contribution in [2.75, 3.05) is 7.11 Å². The van der Waals surface area contributed by atoms with Crippen molar-refractivity contribution >= 4 is 21.6 Å². The Balaban J connectivity index is 1.75. The molecule has 0 saturated heterocycles. The average molecular weight is 455 g/mol. The van der Waals surface area contributed by atoms with Crippen LogP contribution in [0.2, 0.25) is 0 Å². The number of rotatable bonds is 4. The molecule has 3 aromatic carbocycles. The van der Waals surface area contributed by atoms with Gasteiger partial charge in [-0.2, -0.15) is 0 Å². The van der Waals surface area contributed by atoms with E-state index in [0.717, 1.165) is 28.2 Å². The Bertz CT molecular complexity index is 1050. The van der Waals surface area contributed by atoms with Crippen LogP contribution < -0.4 is 10.1 Å². The van der Waals surface area contributed by atoms with Gasteiger partial charge in [-0.05, 0) is 69.5 Å². The lowest BCUT2D eigenvalue weighted by atomic mass is 9.93. The number of aromatic hydroxyl groups is 1. The molecule has 1 aliphatic heterocycles. The van der Waals surface area contributed by atoms with Crippen molar-refractivity contribution < 1.29 is 14.2 Å². The summed E-state index contributed by atoms with van der Waals surface area (Å²) in [6.07, 6.45) is 0.241. The number of benzene rings is 3. The fourth-order valence-corrected chi connectivity index (χ4v) is 3.90. The van der Waals surface area contributed by atoms with Crippen molar-refractivity contribution in [2.45, 2.75) is 18.6 Å². The van der Waals surface area contributed by atoms with E-state index in [1.54, 1.807) is 31.4 Å². The number of hydrogen-bond acceptors (Lipinski definition) is 4. The van der Waals surface area contributed by atoms with Gasteiger partial charge in [-0.15, -0.1) is 0 Å². The number of methoxy groups -OCH3 is 1. The molecule has 0 spiro atoms. The van der Waals surface area contributed by atoms with Crippen LogP contribution in [-0.4, -0.2) is 17.9 Å². The molecule has 1 aliphatic rings. The molecule has 2 N–H and O–H groups in total. The maximum absolute atomic E-state index is 13.7. The van der Waals surface area contributed by atoms with Gasteiger partial charge in [-0.3, -0.25) is 10.3 Å². The Morgan fingerprint density at radius 3 is 2.55 bits per heavy atom. The summed E-state index contributed by atoms with van der Waals surface area (Å²) in [6.45, 7) is 0. The highest BCUT2D eigenvalue weighted by Gasteiger charge is 2.27. The molecule has 4 rings (SSSR count). The summed E-state index contributed by atoms with van der Waals surface area (Å²) in [5.41, 5.74) is 3.54. The molecule has 3 aromatic rings. The molecule has 29 heavy (non-hydrogen) atoms. The standard InChI is InChI=1S/C23H20BrFN2O2/c1-29-16-9-6-14(7-10-16)20-13-21(17-4-2-3-5-22(17)28)27-23(26-20)15-8-11-19(25)18(24)12-15/h2-12,21,23,27-28H,13H2,1H3/t21-,23-/m1/s1. The molecule has 4 nitrogen and oxygen atoms in total. The summed E-state index contributed by atoms with van der Waals surface area (Å²) in [6, 6.07) is 19.8. The third-order valence-corrected chi connectivity index (χ3v) is 5.64. The number of phenolic OH excluding ortho intramolecular Hbond substituents is 1. The van der Waals surface area contributed by atoms with Crippen LogP contribution in [0.4, 0.5) is 4.39 Å². The van der Waals surface area contributed by atoms with Gasteiger partial charge in [0.15, 0.2) is 0 Å². The minimum atomic E-state index is -0.373. The lowest BCUT2D eigenvalue weighted by Crippen LogP contribution is -2.33. The molecular formula is C23H20BrFN2O2. The number of para-hydroxylation sites is 1. The lowest BCUT2D eigenvalue weighted by molar-refractivity contribution is 0.412. The Morgan fingerprint density at radius 1 is 1.10 bits per heavy atom. The van der Waals surface area contributed by atoms with Crippen LogP contribution in [-0.2, 0) is 0 Å². The third kappa shape index (κ3) is 4.18. The van der Waals surface area contributed by atoms with Gasteiger partial charge in [0.2, 0.25) is 0 Å². The number of phenols is 1. The zero-order valence-corrected chi connectivity index (χ0v) is 17.4. The van der Waals surface area contributed by atoms with E-state index in [1.165, 1.54) is 6.07 Å². The van der Waals surface area contributed by atoms with Crippen LogP contribution in [0, 0.1) is 5.82 Å². The van der Waals surface area contributed by atoms with E-state index in [2.05, 4.69) is 21.2 Å². The number of aliphatic imine (C=N–C) groups is 1. The molecule has 0 unspecified atom stereocenters. The van der Waals surface area contributed by atoms with Gasteiger partial charge in [-0.25, -0.2) is 4.39 Å². The molecular weight excluding hydrogens is 435 g/mol. The van der Waals surface area contributed by atoms with Crippen molar-refractivity contribution in [3.8, 4) is 11.5 Å². The molecule has 0 aromatic heterocycles. The van der Waals surface area contributed by atoms with Crippen LogP contribution in [0.3, 0.4) is 0 Å². The van der Waals surface area contributed by atoms with Crippen LogP contribution in [0.1, 0.15) is 35.3 Å². The summed E-state index contributed by atoms with van der Waals surface area (Å²) in [4.78, 5) is 4.89. The highest BCUT2D eigenvalue weighted by Crippen LogP contribution is 2.35. The summed E-state index contributed by atoms with van der Waals surface area (Å²) < 4.78 is 19.4. The summed E-state index contributed by atoms with van der Waals surface area (Å²) in [5.74, 6) is 0.695. The molecule has 0 bridgehead atoms. The van der Waals surface area contributed by atoms with Crippen molar-refractivity contribution in [1.29, 1.82) is 0 Å². The third-order valence-electron chi connectivity index (χ3n) is 5.04. The van der Waals surface area contributed by atoms with Crippen molar-refractivity contribution in [2.24, 2.45) is 4.99 Å². The van der Waals surface area contributed by atoms with Crippen LogP contribution in [0.5, 0.6) is 11.5 Å². The number of hydrogen-bond donors (Lipinski definition) is 2. The first kappa shape index (κ1) is 19.6. The van der Waals surface area contributed by atoms with E-state index < -0.39 is 0 Å². The highest BCUT2D eigenvalue weighted by atomic mass is 79.9. The van der Waals surface area contributed by atoms with Crippen LogP contribution in [0.15, 0.2) is 76.2 Å². The minimum absolute atomic E-state index is 0.139. The summed E-state index contributed by atoms with van der Waals surface area (Å²) in [5, 5.41) is 13.9. The molecule has 0 aliphatic carbocycles. The fourth-order valence-electron chi connectivity index (χ4n) is 3.50. The largest absolute Gasteiger partial charge is 0.508 e. The Morgan fingerprint density at radius 2 is 1.86 bits per heavy atom. The first-order chi connectivity index (χ1) is 14.0. The zero-order valence-electron chi connectivity index (χ0n) is 15.8. The smallest absolute Gasteiger partial charge is 0.137 e. The monoisotopic (exact) mass is 454 g/mol. The second-order valence-electron chi connectivity index (χ2n) is 6.86. The molecule has 0 amide bonds. The number of ether oxygens (including phenoxy) is 1. The highest BCUT2D eigenvalue weighted by molar-refractivity contribution is 9.10. The quantitative estimate of drug-likeness (QED) is 0.545. The van der Waals surface area contributed by atoms with Gasteiger partial charge in [0.1, 0.15) is 23.5 Å². The topological polar surface area (TPSA) is 53.8 Å². The van der Waals surface area contributed by atoms with E-state index in [-0.39, 0.29) is 23.8 Å². The van der Waals surface area contributed by atoms with E-state index in [1.807, 2.05) is 36.4 Å². The Hall–Kier alpha value is -2.70. The lowest BCUT2D eigenvalue weighted by Gasteiger charge is -2.31. The first-order valence-electron chi connectivity index (χ1n) is 9.25. The molecule has 148 valence electrons. The van der Waals surface area contributed by atoms with Crippen molar-refractivity contribution in [1.82, 2.24) is 5.32 Å². The molecule has 0 saturated carbocycles.